The normalized spacial score (nSPS) is 11.0. The van der Waals surface area contributed by atoms with Gasteiger partial charge in [-0.25, -0.2) is 0 Å². The monoisotopic (exact) mass is 318 g/mol. The molecule has 0 bridgehead atoms. The van der Waals surface area contributed by atoms with Crippen molar-refractivity contribution in [2.24, 2.45) is 0 Å². The van der Waals surface area contributed by atoms with Gasteiger partial charge in [0.15, 0.2) is 4.77 Å². The summed E-state index contributed by atoms with van der Waals surface area (Å²) in [4.78, 5) is 3.19. The number of rotatable bonds is 4. The number of aromatic nitrogens is 2. The second kappa shape index (κ2) is 5.92. The number of hydrogen-bond donors (Lipinski definition) is 1. The molecule has 1 heterocycles. The molecule has 3 nitrogen and oxygen atoms in total. The van der Waals surface area contributed by atoms with Gasteiger partial charge in [-0.2, -0.15) is 0 Å². The predicted octanol–water partition coefficient (Wildman–Crippen LogP) is 4.60. The molecular formula is C16H15ClN2OS. The van der Waals surface area contributed by atoms with Crippen LogP contribution < -0.4 is 4.74 Å². The molecule has 0 amide bonds. The number of aromatic amines is 1. The smallest absolute Gasteiger partial charge is 0.178 e. The molecule has 108 valence electrons. The first-order chi connectivity index (χ1) is 10.2. The van der Waals surface area contributed by atoms with E-state index in [0.717, 1.165) is 35.3 Å². The highest BCUT2D eigenvalue weighted by molar-refractivity contribution is 7.71. The van der Waals surface area contributed by atoms with Crippen molar-refractivity contribution in [3.05, 3.63) is 57.8 Å². The Balaban J connectivity index is 1.96. The van der Waals surface area contributed by atoms with Crippen LogP contribution in [-0.2, 0) is 13.0 Å². The first-order valence-corrected chi connectivity index (χ1v) is 7.48. The molecule has 2 aromatic carbocycles. The van der Waals surface area contributed by atoms with Gasteiger partial charge >= 0.3 is 0 Å². The van der Waals surface area contributed by atoms with E-state index in [-0.39, 0.29) is 0 Å². The number of aryl methyl sites for hydroxylation is 2. The molecule has 21 heavy (non-hydrogen) atoms. The lowest BCUT2D eigenvalue weighted by molar-refractivity contribution is 0.408. The highest BCUT2D eigenvalue weighted by atomic mass is 35.5. The van der Waals surface area contributed by atoms with E-state index in [1.165, 1.54) is 0 Å². The standard InChI is InChI=1S/C16H15ClN2OS/c1-20-14-8-3-2-5-11(14)9-10-19-15-12(17)6-4-7-13(15)18-16(19)21/h2-8H,9-10H2,1H3,(H,18,21). The van der Waals surface area contributed by atoms with Gasteiger partial charge in [0, 0.05) is 6.54 Å². The van der Waals surface area contributed by atoms with E-state index in [4.69, 9.17) is 28.6 Å². The number of para-hydroxylation sites is 2. The van der Waals surface area contributed by atoms with Gasteiger partial charge in [0.1, 0.15) is 5.75 Å². The van der Waals surface area contributed by atoms with Crippen LogP contribution in [0.4, 0.5) is 0 Å². The number of imidazole rings is 1. The topological polar surface area (TPSA) is 29.9 Å². The molecule has 3 aromatic rings. The first kappa shape index (κ1) is 14.2. The Labute approximate surface area is 133 Å². The Morgan fingerprint density at radius 3 is 2.81 bits per heavy atom. The summed E-state index contributed by atoms with van der Waals surface area (Å²) < 4.78 is 8.12. The number of fused-ring (bicyclic) bond motifs is 1. The van der Waals surface area contributed by atoms with Crippen molar-refractivity contribution in [2.75, 3.05) is 7.11 Å². The Kier molecular flexibility index (Phi) is 3.99. The predicted molar refractivity (Wildman–Crippen MR) is 88.8 cm³/mol. The molecule has 0 atom stereocenters. The van der Waals surface area contributed by atoms with Gasteiger partial charge in [-0.1, -0.05) is 35.9 Å². The molecule has 0 spiro atoms. The van der Waals surface area contributed by atoms with Crippen LogP contribution >= 0.6 is 23.8 Å². The molecule has 0 aliphatic heterocycles. The van der Waals surface area contributed by atoms with Gasteiger partial charge in [0.05, 0.1) is 23.2 Å². The van der Waals surface area contributed by atoms with Crippen LogP contribution in [0.2, 0.25) is 5.02 Å². The van der Waals surface area contributed by atoms with Crippen molar-refractivity contribution >= 4 is 34.9 Å². The van der Waals surface area contributed by atoms with E-state index in [0.29, 0.717) is 9.79 Å². The van der Waals surface area contributed by atoms with E-state index < -0.39 is 0 Å². The van der Waals surface area contributed by atoms with Crippen LogP contribution in [0.15, 0.2) is 42.5 Å². The third-order valence-corrected chi connectivity index (χ3v) is 4.17. The third kappa shape index (κ3) is 2.69. The van der Waals surface area contributed by atoms with Crippen molar-refractivity contribution in [1.82, 2.24) is 9.55 Å². The summed E-state index contributed by atoms with van der Waals surface area (Å²) >= 11 is 11.7. The minimum atomic E-state index is 0.688. The molecule has 0 radical (unpaired) electrons. The molecule has 0 saturated heterocycles. The van der Waals surface area contributed by atoms with Crippen molar-refractivity contribution in [3.63, 3.8) is 0 Å². The SMILES string of the molecule is COc1ccccc1CCn1c(=S)[nH]c2cccc(Cl)c21. The molecule has 0 fully saturated rings. The fourth-order valence-corrected chi connectivity index (χ4v) is 3.10. The molecule has 0 aliphatic rings. The lowest BCUT2D eigenvalue weighted by atomic mass is 10.1. The second-order valence-electron chi connectivity index (χ2n) is 4.78. The Morgan fingerprint density at radius 1 is 1.19 bits per heavy atom. The first-order valence-electron chi connectivity index (χ1n) is 6.69. The Bertz CT molecular complexity index is 838. The van der Waals surface area contributed by atoms with Crippen molar-refractivity contribution in [3.8, 4) is 5.75 Å². The van der Waals surface area contributed by atoms with Crippen LogP contribution in [0, 0.1) is 4.77 Å². The van der Waals surface area contributed by atoms with Gasteiger partial charge in [0.25, 0.3) is 0 Å². The van der Waals surface area contributed by atoms with Crippen LogP contribution in [0.25, 0.3) is 11.0 Å². The quantitative estimate of drug-likeness (QED) is 0.712. The number of ether oxygens (including phenoxy) is 1. The largest absolute Gasteiger partial charge is 0.496 e. The van der Waals surface area contributed by atoms with Gasteiger partial charge in [0.2, 0.25) is 0 Å². The number of methoxy groups -OCH3 is 1. The number of H-pyrrole nitrogens is 1. The Hall–Kier alpha value is -1.78. The van der Waals surface area contributed by atoms with E-state index in [1.807, 2.05) is 41.0 Å². The molecule has 5 heteroatoms. The minimum Gasteiger partial charge on any atom is -0.496 e. The minimum absolute atomic E-state index is 0.688. The number of nitrogens with zero attached hydrogens (tertiary/aromatic N) is 1. The maximum absolute atomic E-state index is 6.30. The molecule has 0 unspecified atom stereocenters. The number of benzene rings is 2. The summed E-state index contributed by atoms with van der Waals surface area (Å²) in [5.41, 5.74) is 3.08. The number of nitrogens with one attached hydrogen (secondary N) is 1. The average Bonchev–Trinajstić information content (AvgIpc) is 2.82. The van der Waals surface area contributed by atoms with Gasteiger partial charge < -0.3 is 14.3 Å². The summed E-state index contributed by atoms with van der Waals surface area (Å²) in [5.74, 6) is 0.898. The summed E-state index contributed by atoms with van der Waals surface area (Å²) in [6.45, 7) is 0.753. The number of hydrogen-bond acceptors (Lipinski definition) is 2. The third-order valence-electron chi connectivity index (χ3n) is 3.54. The summed E-state index contributed by atoms with van der Waals surface area (Å²) in [6.07, 6.45) is 0.830. The molecule has 0 saturated carbocycles. The maximum Gasteiger partial charge on any atom is 0.178 e. The van der Waals surface area contributed by atoms with E-state index >= 15 is 0 Å². The zero-order valence-corrected chi connectivity index (χ0v) is 13.2. The van der Waals surface area contributed by atoms with Gasteiger partial charge in [-0.05, 0) is 42.4 Å². The van der Waals surface area contributed by atoms with Crippen molar-refractivity contribution < 1.29 is 4.74 Å². The lowest BCUT2D eigenvalue weighted by Gasteiger charge is -2.09. The molecule has 0 aliphatic carbocycles. The maximum atomic E-state index is 6.30. The van der Waals surface area contributed by atoms with Gasteiger partial charge in [-0.3, -0.25) is 0 Å². The van der Waals surface area contributed by atoms with Crippen LogP contribution in [0.3, 0.4) is 0 Å². The highest BCUT2D eigenvalue weighted by Gasteiger charge is 2.09. The van der Waals surface area contributed by atoms with Crippen molar-refractivity contribution in [1.29, 1.82) is 0 Å². The Morgan fingerprint density at radius 2 is 2.00 bits per heavy atom. The lowest BCUT2D eigenvalue weighted by Crippen LogP contribution is -2.03. The van der Waals surface area contributed by atoms with Crippen LogP contribution in [0.1, 0.15) is 5.56 Å². The van der Waals surface area contributed by atoms with Crippen LogP contribution in [-0.4, -0.2) is 16.7 Å². The van der Waals surface area contributed by atoms with E-state index in [2.05, 4.69) is 11.1 Å². The highest BCUT2D eigenvalue weighted by Crippen LogP contribution is 2.24. The van der Waals surface area contributed by atoms with E-state index in [1.54, 1.807) is 7.11 Å². The summed E-state index contributed by atoms with van der Waals surface area (Å²) in [6, 6.07) is 13.8. The van der Waals surface area contributed by atoms with Crippen molar-refractivity contribution in [2.45, 2.75) is 13.0 Å². The fourth-order valence-electron chi connectivity index (χ4n) is 2.53. The van der Waals surface area contributed by atoms with E-state index in [9.17, 15) is 0 Å². The number of halogens is 1. The van der Waals surface area contributed by atoms with Crippen LogP contribution in [0.5, 0.6) is 5.75 Å². The molecule has 1 aromatic heterocycles. The summed E-state index contributed by atoms with van der Waals surface area (Å²) in [7, 11) is 1.69. The average molecular weight is 319 g/mol. The second-order valence-corrected chi connectivity index (χ2v) is 5.57. The summed E-state index contributed by atoms with van der Waals surface area (Å²) in [5, 5.41) is 0.708. The van der Waals surface area contributed by atoms with Gasteiger partial charge in [-0.15, -0.1) is 0 Å². The molecular weight excluding hydrogens is 304 g/mol. The fraction of sp³-hybridized carbons (Fsp3) is 0.188. The zero-order valence-electron chi connectivity index (χ0n) is 11.6. The molecule has 1 N–H and O–H groups in total. The zero-order chi connectivity index (χ0) is 14.8. The molecule has 3 rings (SSSR count).